The Balaban J connectivity index is 1.31. The monoisotopic (exact) mass is 430 g/mol. The van der Waals surface area contributed by atoms with Gasteiger partial charge in [-0.1, -0.05) is 12.1 Å². The fourth-order valence-corrected chi connectivity index (χ4v) is 4.40. The number of rotatable bonds is 5. The van der Waals surface area contributed by atoms with Crippen LogP contribution in [-0.2, 0) is 17.6 Å². The second kappa shape index (κ2) is 8.53. The molecule has 164 valence electrons. The van der Waals surface area contributed by atoms with Crippen molar-refractivity contribution in [1.82, 2.24) is 20.0 Å². The molecule has 32 heavy (non-hydrogen) atoms. The van der Waals surface area contributed by atoms with Gasteiger partial charge < -0.3 is 10.2 Å². The van der Waals surface area contributed by atoms with Crippen molar-refractivity contribution >= 4 is 17.4 Å². The van der Waals surface area contributed by atoms with Gasteiger partial charge in [0.15, 0.2) is 5.82 Å². The van der Waals surface area contributed by atoms with Crippen molar-refractivity contribution in [2.24, 2.45) is 0 Å². The van der Waals surface area contributed by atoms with Gasteiger partial charge in [-0.05, 0) is 68.9 Å². The fourth-order valence-electron chi connectivity index (χ4n) is 4.40. The molecule has 0 bridgehead atoms. The van der Waals surface area contributed by atoms with Crippen LogP contribution >= 0.6 is 0 Å². The van der Waals surface area contributed by atoms with E-state index in [1.807, 2.05) is 36.4 Å². The summed E-state index contributed by atoms with van der Waals surface area (Å²) in [5, 5.41) is 16.1. The van der Waals surface area contributed by atoms with E-state index in [1.165, 1.54) is 17.5 Å². The molecule has 1 aliphatic heterocycles. The summed E-state index contributed by atoms with van der Waals surface area (Å²) in [4.78, 5) is 27.5. The molecule has 0 saturated carbocycles. The number of fused-ring (bicyclic) bond motifs is 1. The van der Waals surface area contributed by atoms with Crippen molar-refractivity contribution in [1.29, 1.82) is 0 Å². The van der Waals surface area contributed by atoms with Crippen LogP contribution in [0.15, 0.2) is 47.3 Å². The van der Waals surface area contributed by atoms with Gasteiger partial charge in [0.25, 0.3) is 5.56 Å². The number of carbonyl (C=O) groups is 1. The van der Waals surface area contributed by atoms with Crippen LogP contribution in [0.4, 0.5) is 11.5 Å². The maximum absolute atomic E-state index is 12.9. The van der Waals surface area contributed by atoms with E-state index < -0.39 is 6.04 Å². The van der Waals surface area contributed by atoms with E-state index in [4.69, 9.17) is 0 Å². The average molecular weight is 431 g/mol. The second-order valence-electron chi connectivity index (χ2n) is 8.47. The molecular weight excluding hydrogens is 404 g/mol. The summed E-state index contributed by atoms with van der Waals surface area (Å²) in [6.45, 7) is 3.74. The zero-order valence-electron chi connectivity index (χ0n) is 18.1. The van der Waals surface area contributed by atoms with E-state index in [1.54, 1.807) is 13.0 Å². The van der Waals surface area contributed by atoms with Gasteiger partial charge in [-0.3, -0.25) is 9.59 Å². The summed E-state index contributed by atoms with van der Waals surface area (Å²) in [6, 6.07) is 12.3. The molecule has 8 nitrogen and oxygen atoms in total. The Morgan fingerprint density at radius 3 is 2.66 bits per heavy atom. The molecule has 1 aliphatic carbocycles. The van der Waals surface area contributed by atoms with Crippen LogP contribution in [0.2, 0.25) is 0 Å². The lowest BCUT2D eigenvalue weighted by molar-refractivity contribution is -0.119. The molecule has 0 radical (unpaired) electrons. The first-order chi connectivity index (χ1) is 15.6. The normalized spacial score (nSPS) is 16.1. The van der Waals surface area contributed by atoms with E-state index in [2.05, 4.69) is 25.5 Å². The number of hydrogen-bond acceptors (Lipinski definition) is 6. The topological polar surface area (TPSA) is 93.0 Å². The van der Waals surface area contributed by atoms with Gasteiger partial charge in [-0.2, -0.15) is 5.10 Å². The van der Waals surface area contributed by atoms with Crippen LogP contribution in [0.3, 0.4) is 0 Å². The smallest absolute Gasteiger partial charge is 0.267 e. The number of hydrogen-bond donors (Lipinski definition) is 1. The van der Waals surface area contributed by atoms with Crippen LogP contribution in [0.1, 0.15) is 43.5 Å². The van der Waals surface area contributed by atoms with Crippen LogP contribution in [-0.4, -0.2) is 39.0 Å². The lowest BCUT2D eigenvalue weighted by atomic mass is 10.1. The molecule has 1 fully saturated rings. The Kier molecular flexibility index (Phi) is 5.43. The Labute approximate surface area is 186 Å². The van der Waals surface area contributed by atoms with Crippen molar-refractivity contribution in [3.05, 3.63) is 64.1 Å². The Bertz CT molecular complexity index is 1200. The average Bonchev–Trinajstić information content (AvgIpc) is 3.50. The van der Waals surface area contributed by atoms with E-state index in [-0.39, 0.29) is 11.5 Å². The summed E-state index contributed by atoms with van der Waals surface area (Å²) in [5.74, 6) is 0.613. The van der Waals surface area contributed by atoms with Gasteiger partial charge in [0.2, 0.25) is 5.91 Å². The first kappa shape index (κ1) is 20.4. The predicted molar refractivity (Wildman–Crippen MR) is 123 cm³/mol. The third-order valence-electron chi connectivity index (χ3n) is 6.24. The maximum Gasteiger partial charge on any atom is 0.267 e. The predicted octanol–water partition coefficient (Wildman–Crippen LogP) is 2.99. The van der Waals surface area contributed by atoms with Crippen LogP contribution in [0.5, 0.6) is 0 Å². The number of aromatic nitrogens is 4. The SMILES string of the molecule is CC(C(=O)Nc1cccc(-c2ccc(N3CCCC3)nn2)c1)n1nc2c(cc1=O)CCC2. The highest BCUT2D eigenvalue weighted by atomic mass is 16.2. The van der Waals surface area contributed by atoms with E-state index in [9.17, 15) is 9.59 Å². The van der Waals surface area contributed by atoms with Gasteiger partial charge in [0, 0.05) is 30.4 Å². The standard InChI is InChI=1S/C24H26N6O2/c1-16(30-23(31)15-18-7-5-9-21(18)28-30)24(32)25-19-8-4-6-17(14-19)20-10-11-22(27-26-20)29-12-2-3-13-29/h4,6,8,10-11,14-16H,2-3,5,7,9,12-13H2,1H3,(H,25,32). The van der Waals surface area contributed by atoms with Gasteiger partial charge >= 0.3 is 0 Å². The highest BCUT2D eigenvalue weighted by Gasteiger charge is 2.22. The molecule has 8 heteroatoms. The quantitative estimate of drug-likeness (QED) is 0.669. The zero-order valence-corrected chi connectivity index (χ0v) is 18.1. The lowest BCUT2D eigenvalue weighted by Gasteiger charge is -2.16. The summed E-state index contributed by atoms with van der Waals surface area (Å²) in [6.07, 6.45) is 5.12. The first-order valence-corrected chi connectivity index (χ1v) is 11.2. The summed E-state index contributed by atoms with van der Waals surface area (Å²) in [7, 11) is 0. The van der Waals surface area contributed by atoms with Crippen molar-refractivity contribution in [2.45, 2.75) is 45.1 Å². The molecule has 1 amide bonds. The van der Waals surface area contributed by atoms with E-state index in [0.29, 0.717) is 5.69 Å². The minimum Gasteiger partial charge on any atom is -0.355 e. The van der Waals surface area contributed by atoms with Crippen LogP contribution < -0.4 is 15.8 Å². The van der Waals surface area contributed by atoms with Crippen LogP contribution in [0.25, 0.3) is 11.3 Å². The molecule has 1 atom stereocenters. The third-order valence-corrected chi connectivity index (χ3v) is 6.24. The first-order valence-electron chi connectivity index (χ1n) is 11.2. The highest BCUT2D eigenvalue weighted by molar-refractivity contribution is 5.94. The Morgan fingerprint density at radius 2 is 1.88 bits per heavy atom. The number of anilines is 2. The molecule has 3 aromatic rings. The fraction of sp³-hybridized carbons (Fsp3) is 0.375. The molecule has 2 aromatic heterocycles. The molecule has 3 heterocycles. The molecule has 0 spiro atoms. The summed E-state index contributed by atoms with van der Waals surface area (Å²) < 4.78 is 1.28. The maximum atomic E-state index is 12.9. The number of nitrogens with zero attached hydrogens (tertiary/aromatic N) is 5. The van der Waals surface area contributed by atoms with Crippen molar-refractivity contribution < 1.29 is 4.79 Å². The molecule has 1 N–H and O–H groups in total. The molecule has 2 aliphatic rings. The second-order valence-corrected chi connectivity index (χ2v) is 8.47. The number of aryl methyl sites for hydroxylation is 2. The summed E-state index contributed by atoms with van der Waals surface area (Å²) >= 11 is 0. The number of benzene rings is 1. The van der Waals surface area contributed by atoms with E-state index >= 15 is 0 Å². The lowest BCUT2D eigenvalue weighted by Crippen LogP contribution is -2.34. The third kappa shape index (κ3) is 4.00. The molecular formula is C24H26N6O2. The van der Waals surface area contributed by atoms with Crippen molar-refractivity contribution in [3.8, 4) is 11.3 Å². The Morgan fingerprint density at radius 1 is 1.03 bits per heavy atom. The number of amides is 1. The number of carbonyl (C=O) groups excluding carboxylic acids is 1. The summed E-state index contributed by atoms with van der Waals surface area (Å²) in [5.41, 5.74) is 3.93. The molecule has 1 saturated heterocycles. The van der Waals surface area contributed by atoms with Gasteiger partial charge in [0.05, 0.1) is 11.4 Å². The minimum absolute atomic E-state index is 0.240. The van der Waals surface area contributed by atoms with Crippen LogP contribution in [0, 0.1) is 0 Å². The van der Waals surface area contributed by atoms with Crippen molar-refractivity contribution in [3.63, 3.8) is 0 Å². The largest absolute Gasteiger partial charge is 0.355 e. The van der Waals surface area contributed by atoms with E-state index in [0.717, 1.165) is 60.7 Å². The molecule has 1 unspecified atom stereocenters. The molecule has 1 aromatic carbocycles. The van der Waals surface area contributed by atoms with Gasteiger partial charge in [-0.15, -0.1) is 10.2 Å². The Hall–Kier alpha value is -3.55. The van der Waals surface area contributed by atoms with Gasteiger partial charge in [-0.25, -0.2) is 4.68 Å². The number of nitrogens with one attached hydrogen (secondary N) is 1. The van der Waals surface area contributed by atoms with Gasteiger partial charge in [0.1, 0.15) is 6.04 Å². The van der Waals surface area contributed by atoms with Crippen molar-refractivity contribution in [2.75, 3.05) is 23.3 Å². The minimum atomic E-state index is -0.711. The highest BCUT2D eigenvalue weighted by Crippen LogP contribution is 2.24. The zero-order chi connectivity index (χ0) is 22.1. The molecule has 5 rings (SSSR count).